The first-order valence-electron chi connectivity index (χ1n) is 6.70. The van der Waals surface area contributed by atoms with Crippen molar-refractivity contribution in [3.8, 4) is 0 Å². The SMILES string of the molecule is CC(O)(CNC1CCCCC1)c1ccccc1. The molecule has 1 fully saturated rings. The zero-order valence-electron chi connectivity index (χ0n) is 10.7. The molecule has 1 aromatic carbocycles. The van der Waals surface area contributed by atoms with E-state index < -0.39 is 5.60 Å². The molecular formula is C15H23NO. The van der Waals surface area contributed by atoms with Gasteiger partial charge in [0.1, 0.15) is 0 Å². The zero-order chi connectivity index (χ0) is 12.1. The normalized spacial score (nSPS) is 21.1. The molecule has 2 heteroatoms. The molecule has 2 rings (SSSR count). The molecule has 0 saturated heterocycles. The highest BCUT2D eigenvalue weighted by atomic mass is 16.3. The summed E-state index contributed by atoms with van der Waals surface area (Å²) in [6.07, 6.45) is 6.53. The van der Waals surface area contributed by atoms with Gasteiger partial charge in [0.15, 0.2) is 0 Å². The minimum atomic E-state index is -0.765. The van der Waals surface area contributed by atoms with Gasteiger partial charge in [0.05, 0.1) is 5.60 Å². The van der Waals surface area contributed by atoms with Crippen molar-refractivity contribution >= 4 is 0 Å². The van der Waals surface area contributed by atoms with Gasteiger partial charge < -0.3 is 10.4 Å². The van der Waals surface area contributed by atoms with Crippen LogP contribution in [0.15, 0.2) is 30.3 Å². The second-order valence-electron chi connectivity index (χ2n) is 5.36. The van der Waals surface area contributed by atoms with Gasteiger partial charge in [0, 0.05) is 12.6 Å². The summed E-state index contributed by atoms with van der Waals surface area (Å²) in [5, 5.41) is 14.0. The molecule has 0 spiro atoms. The molecule has 94 valence electrons. The first-order valence-corrected chi connectivity index (χ1v) is 6.70. The van der Waals surface area contributed by atoms with E-state index in [4.69, 9.17) is 0 Å². The van der Waals surface area contributed by atoms with Gasteiger partial charge in [-0.15, -0.1) is 0 Å². The van der Waals surface area contributed by atoms with Crippen molar-refractivity contribution in [2.45, 2.75) is 50.7 Å². The number of benzene rings is 1. The molecule has 0 aliphatic heterocycles. The van der Waals surface area contributed by atoms with Gasteiger partial charge >= 0.3 is 0 Å². The summed E-state index contributed by atoms with van der Waals surface area (Å²) >= 11 is 0. The maximum Gasteiger partial charge on any atom is 0.0992 e. The van der Waals surface area contributed by atoms with Gasteiger partial charge in [-0.2, -0.15) is 0 Å². The number of hydrogen-bond donors (Lipinski definition) is 2. The third-order valence-corrected chi connectivity index (χ3v) is 3.74. The van der Waals surface area contributed by atoms with Crippen LogP contribution in [0.3, 0.4) is 0 Å². The van der Waals surface area contributed by atoms with E-state index in [9.17, 15) is 5.11 Å². The van der Waals surface area contributed by atoms with Crippen molar-refractivity contribution in [2.24, 2.45) is 0 Å². The minimum Gasteiger partial charge on any atom is -0.384 e. The third-order valence-electron chi connectivity index (χ3n) is 3.74. The van der Waals surface area contributed by atoms with Crippen LogP contribution in [0.4, 0.5) is 0 Å². The molecule has 1 saturated carbocycles. The molecule has 2 N–H and O–H groups in total. The Balaban J connectivity index is 1.88. The standard InChI is InChI=1S/C15H23NO/c1-15(17,13-8-4-2-5-9-13)12-16-14-10-6-3-7-11-14/h2,4-5,8-9,14,16-17H,3,6-7,10-12H2,1H3. The summed E-state index contributed by atoms with van der Waals surface area (Å²) in [6.45, 7) is 2.53. The minimum absolute atomic E-state index is 0.596. The molecule has 0 amide bonds. The zero-order valence-corrected chi connectivity index (χ0v) is 10.7. The first-order chi connectivity index (χ1) is 8.18. The Kier molecular flexibility index (Phi) is 4.19. The van der Waals surface area contributed by atoms with Gasteiger partial charge in [-0.25, -0.2) is 0 Å². The van der Waals surface area contributed by atoms with E-state index in [-0.39, 0.29) is 0 Å². The lowest BCUT2D eigenvalue weighted by atomic mass is 9.92. The molecule has 1 aliphatic rings. The smallest absolute Gasteiger partial charge is 0.0992 e. The van der Waals surface area contributed by atoms with Crippen LogP contribution in [0.2, 0.25) is 0 Å². The summed E-state index contributed by atoms with van der Waals surface area (Å²) in [5.41, 5.74) is 0.224. The van der Waals surface area contributed by atoms with Gasteiger partial charge in [-0.3, -0.25) is 0 Å². The van der Waals surface area contributed by atoms with Crippen molar-refractivity contribution in [1.29, 1.82) is 0 Å². The fourth-order valence-electron chi connectivity index (χ4n) is 2.55. The lowest BCUT2D eigenvalue weighted by molar-refractivity contribution is 0.0522. The molecule has 1 aromatic rings. The molecule has 0 radical (unpaired) electrons. The molecule has 2 nitrogen and oxygen atoms in total. The van der Waals surface area contributed by atoms with Crippen LogP contribution < -0.4 is 5.32 Å². The molecule has 0 aromatic heterocycles. The van der Waals surface area contributed by atoms with Crippen LogP contribution in [0.5, 0.6) is 0 Å². The van der Waals surface area contributed by atoms with Crippen molar-refractivity contribution in [2.75, 3.05) is 6.54 Å². The second-order valence-corrected chi connectivity index (χ2v) is 5.36. The maximum atomic E-state index is 10.5. The van der Waals surface area contributed by atoms with E-state index in [1.54, 1.807) is 0 Å². The maximum absolute atomic E-state index is 10.5. The van der Waals surface area contributed by atoms with Crippen LogP contribution in [0.1, 0.15) is 44.6 Å². The van der Waals surface area contributed by atoms with Gasteiger partial charge in [-0.1, -0.05) is 49.6 Å². The Morgan fingerprint density at radius 2 is 1.82 bits per heavy atom. The summed E-state index contributed by atoms with van der Waals surface area (Å²) < 4.78 is 0. The summed E-state index contributed by atoms with van der Waals surface area (Å²) in [4.78, 5) is 0. The summed E-state index contributed by atoms with van der Waals surface area (Å²) in [6, 6.07) is 10.5. The van der Waals surface area contributed by atoms with Crippen LogP contribution in [-0.2, 0) is 5.60 Å². The number of nitrogens with one attached hydrogen (secondary N) is 1. The van der Waals surface area contributed by atoms with Crippen molar-refractivity contribution < 1.29 is 5.11 Å². The highest BCUT2D eigenvalue weighted by Gasteiger charge is 2.24. The van der Waals surface area contributed by atoms with Crippen molar-refractivity contribution in [3.05, 3.63) is 35.9 Å². The molecule has 1 atom stereocenters. The monoisotopic (exact) mass is 233 g/mol. The highest BCUT2D eigenvalue weighted by molar-refractivity contribution is 5.21. The van der Waals surface area contributed by atoms with Crippen LogP contribution in [0, 0.1) is 0 Å². The Labute approximate surface area is 104 Å². The fraction of sp³-hybridized carbons (Fsp3) is 0.600. The van der Waals surface area contributed by atoms with E-state index >= 15 is 0 Å². The van der Waals surface area contributed by atoms with E-state index in [1.807, 2.05) is 37.3 Å². The Morgan fingerprint density at radius 3 is 2.47 bits per heavy atom. The lowest BCUT2D eigenvalue weighted by Gasteiger charge is -2.29. The molecule has 1 aliphatic carbocycles. The predicted molar refractivity (Wildman–Crippen MR) is 70.9 cm³/mol. The first kappa shape index (κ1) is 12.6. The number of hydrogen-bond acceptors (Lipinski definition) is 2. The number of aliphatic hydroxyl groups is 1. The average Bonchev–Trinajstić information content (AvgIpc) is 2.39. The van der Waals surface area contributed by atoms with E-state index in [1.165, 1.54) is 32.1 Å². The molecule has 17 heavy (non-hydrogen) atoms. The molecule has 1 unspecified atom stereocenters. The quantitative estimate of drug-likeness (QED) is 0.838. The van der Waals surface area contributed by atoms with Crippen molar-refractivity contribution in [1.82, 2.24) is 5.32 Å². The Morgan fingerprint density at radius 1 is 1.18 bits per heavy atom. The Bertz CT molecular complexity index is 328. The largest absolute Gasteiger partial charge is 0.384 e. The Hall–Kier alpha value is -0.860. The van der Waals surface area contributed by atoms with Gasteiger partial charge in [-0.05, 0) is 25.3 Å². The molecule has 0 bridgehead atoms. The topological polar surface area (TPSA) is 32.3 Å². The number of rotatable bonds is 4. The van der Waals surface area contributed by atoms with E-state index in [0.717, 1.165) is 5.56 Å². The van der Waals surface area contributed by atoms with Crippen LogP contribution in [0.25, 0.3) is 0 Å². The van der Waals surface area contributed by atoms with E-state index in [2.05, 4.69) is 5.32 Å². The third kappa shape index (κ3) is 3.55. The average molecular weight is 233 g/mol. The molecule has 0 heterocycles. The van der Waals surface area contributed by atoms with Crippen LogP contribution in [-0.4, -0.2) is 17.7 Å². The predicted octanol–water partition coefficient (Wildman–Crippen LogP) is 2.82. The van der Waals surface area contributed by atoms with Crippen LogP contribution >= 0.6 is 0 Å². The lowest BCUT2D eigenvalue weighted by Crippen LogP contribution is -2.41. The fourth-order valence-corrected chi connectivity index (χ4v) is 2.55. The second kappa shape index (κ2) is 5.65. The van der Waals surface area contributed by atoms with Crippen molar-refractivity contribution in [3.63, 3.8) is 0 Å². The highest BCUT2D eigenvalue weighted by Crippen LogP contribution is 2.22. The summed E-state index contributed by atoms with van der Waals surface area (Å²) in [5.74, 6) is 0. The summed E-state index contributed by atoms with van der Waals surface area (Å²) in [7, 11) is 0. The van der Waals surface area contributed by atoms with E-state index in [0.29, 0.717) is 12.6 Å². The van der Waals surface area contributed by atoms with Gasteiger partial charge in [0.2, 0.25) is 0 Å². The van der Waals surface area contributed by atoms with Gasteiger partial charge in [0.25, 0.3) is 0 Å². The molecular weight excluding hydrogens is 210 g/mol.